The number of H-pyrrole nitrogens is 1. The largest absolute Gasteiger partial charge is 0.391 e. The molecule has 3 fully saturated rings. The van der Waals surface area contributed by atoms with Gasteiger partial charge in [0.1, 0.15) is 11.3 Å². The van der Waals surface area contributed by atoms with Crippen molar-refractivity contribution in [2.75, 3.05) is 26.3 Å². The van der Waals surface area contributed by atoms with Gasteiger partial charge in [-0.25, -0.2) is 26.6 Å². The second-order valence-electron chi connectivity index (χ2n) is 12.0. The zero-order valence-electron chi connectivity index (χ0n) is 24.2. The maximum Gasteiger partial charge on any atom is 0.391 e. The standard InChI is InChI=1S/C28H32F6N6O4S/c1-2-40-21(9-10-35-40)45(42,43)38-23(15-3-5-16(6-4-15)28(32,33)34)25-36-20-8-7-17(22(29)24(20)37-25)18-11-44-12-19(18)26(41)39-13-27(30,31)14-39/h7-10,15-16,18-19,23,38H,2-6,11-14H2,1H3,(H,36,37)/t15?,16?,18?,19?,23-/m0/s1. The van der Waals surface area contributed by atoms with E-state index in [0.717, 1.165) is 4.90 Å². The maximum atomic E-state index is 16.1. The number of hydrogen-bond acceptors (Lipinski definition) is 6. The van der Waals surface area contributed by atoms with Crippen LogP contribution in [0.5, 0.6) is 0 Å². The highest BCUT2D eigenvalue weighted by molar-refractivity contribution is 7.89. The Balaban J connectivity index is 1.32. The third-order valence-electron chi connectivity index (χ3n) is 9.13. The Morgan fingerprint density at radius 3 is 2.51 bits per heavy atom. The van der Waals surface area contributed by atoms with E-state index in [2.05, 4.69) is 19.8 Å². The number of aromatic amines is 1. The van der Waals surface area contributed by atoms with E-state index in [0.29, 0.717) is 0 Å². The minimum absolute atomic E-state index is 0.0175. The molecule has 1 aromatic carbocycles. The van der Waals surface area contributed by atoms with E-state index in [1.807, 2.05) is 0 Å². The minimum Gasteiger partial charge on any atom is -0.380 e. The number of sulfonamides is 1. The number of carbonyl (C=O) groups is 1. The lowest BCUT2D eigenvalue weighted by Gasteiger charge is -2.40. The van der Waals surface area contributed by atoms with Crippen LogP contribution >= 0.6 is 0 Å². The number of alkyl halides is 5. The van der Waals surface area contributed by atoms with Gasteiger partial charge >= 0.3 is 6.18 Å². The lowest BCUT2D eigenvalue weighted by Crippen LogP contribution is -2.60. The molecule has 3 atom stereocenters. The predicted octanol–water partition coefficient (Wildman–Crippen LogP) is 4.51. The minimum atomic E-state index is -4.37. The maximum absolute atomic E-state index is 16.1. The van der Waals surface area contributed by atoms with Crippen molar-refractivity contribution in [2.24, 2.45) is 17.8 Å². The van der Waals surface area contributed by atoms with E-state index in [9.17, 15) is 35.2 Å². The normalized spacial score (nSPS) is 26.2. The molecule has 1 amide bonds. The molecular formula is C28H32F6N6O4S. The number of aryl methyl sites for hydroxylation is 1. The summed E-state index contributed by atoms with van der Waals surface area (Å²) in [5, 5.41) is 3.86. The van der Waals surface area contributed by atoms with Gasteiger partial charge in [0.05, 0.1) is 55.9 Å². The molecule has 3 aromatic rings. The first-order valence-corrected chi connectivity index (χ1v) is 16.2. The summed E-state index contributed by atoms with van der Waals surface area (Å²) in [5.74, 6) is -8.00. The molecule has 4 heterocycles. The van der Waals surface area contributed by atoms with E-state index < -0.39 is 76.6 Å². The molecule has 3 aliphatic rings. The molecule has 0 bridgehead atoms. The van der Waals surface area contributed by atoms with Crippen LogP contribution in [0.25, 0.3) is 11.0 Å². The van der Waals surface area contributed by atoms with Crippen molar-refractivity contribution in [1.29, 1.82) is 0 Å². The lowest BCUT2D eigenvalue weighted by atomic mass is 9.78. The third kappa shape index (κ3) is 6.05. The van der Waals surface area contributed by atoms with Crippen molar-refractivity contribution in [2.45, 2.75) is 68.2 Å². The molecule has 0 radical (unpaired) electrons. The summed E-state index contributed by atoms with van der Waals surface area (Å²) in [6, 6.07) is 3.14. The summed E-state index contributed by atoms with van der Waals surface area (Å²) in [6.45, 7) is 0.455. The van der Waals surface area contributed by atoms with Crippen LogP contribution in [-0.4, -0.2) is 77.4 Å². The molecule has 2 aromatic heterocycles. The number of likely N-dealkylation sites (tertiary alicyclic amines) is 1. The Labute approximate surface area is 254 Å². The van der Waals surface area contributed by atoms with E-state index in [1.54, 1.807) is 6.92 Å². The summed E-state index contributed by atoms with van der Waals surface area (Å²) < 4.78 is 119. The highest BCUT2D eigenvalue weighted by Crippen LogP contribution is 2.44. The van der Waals surface area contributed by atoms with Gasteiger partial charge in [0.25, 0.3) is 15.9 Å². The average Bonchev–Trinajstić information content (AvgIpc) is 3.74. The Bertz CT molecular complexity index is 1680. The van der Waals surface area contributed by atoms with Crippen molar-refractivity contribution in [3.05, 3.63) is 41.6 Å². The SMILES string of the molecule is CCn1nccc1S(=O)(=O)N[C@H](c1nc2c(F)c(C3COCC3C(=O)N3CC(F)(F)C3)ccc2[nH]1)C1CCC(C(F)(F)F)CC1. The molecule has 0 spiro atoms. The fourth-order valence-corrected chi connectivity index (χ4v) is 8.14. The Morgan fingerprint density at radius 1 is 1.16 bits per heavy atom. The number of imidazole rings is 1. The van der Waals surface area contributed by atoms with Crippen molar-refractivity contribution in [1.82, 2.24) is 29.4 Å². The fraction of sp³-hybridized carbons (Fsp3) is 0.607. The Morgan fingerprint density at radius 2 is 1.87 bits per heavy atom. The van der Waals surface area contributed by atoms with Gasteiger partial charge in [-0.1, -0.05) is 6.07 Å². The van der Waals surface area contributed by atoms with Gasteiger partial charge in [-0.15, -0.1) is 0 Å². The van der Waals surface area contributed by atoms with Crippen LogP contribution in [0.3, 0.4) is 0 Å². The number of nitrogens with one attached hydrogen (secondary N) is 2. The summed E-state index contributed by atoms with van der Waals surface area (Å²) in [4.78, 5) is 21.3. The first-order chi connectivity index (χ1) is 21.2. The summed E-state index contributed by atoms with van der Waals surface area (Å²) in [5.41, 5.74) is 0.156. The van der Waals surface area contributed by atoms with Crippen LogP contribution in [0.4, 0.5) is 26.3 Å². The van der Waals surface area contributed by atoms with E-state index in [-0.39, 0.29) is 72.9 Å². The summed E-state index contributed by atoms with van der Waals surface area (Å²) in [6.07, 6.45) is -3.35. The number of fused-ring (bicyclic) bond motifs is 1. The number of ether oxygens (including phenoxy) is 1. The summed E-state index contributed by atoms with van der Waals surface area (Å²) >= 11 is 0. The van der Waals surface area contributed by atoms with Gasteiger partial charge in [-0.2, -0.15) is 23.0 Å². The van der Waals surface area contributed by atoms with E-state index >= 15 is 4.39 Å². The molecular weight excluding hydrogens is 630 g/mol. The van der Waals surface area contributed by atoms with E-state index in [1.165, 1.54) is 29.1 Å². The fourth-order valence-electron chi connectivity index (χ4n) is 6.69. The molecule has 6 rings (SSSR count). The first kappa shape index (κ1) is 31.8. The third-order valence-corrected chi connectivity index (χ3v) is 10.6. The molecule has 45 heavy (non-hydrogen) atoms. The predicted molar refractivity (Wildman–Crippen MR) is 147 cm³/mol. The molecule has 17 heteroatoms. The van der Waals surface area contributed by atoms with Gasteiger partial charge in [0.15, 0.2) is 10.8 Å². The molecule has 2 aliphatic heterocycles. The number of carbonyl (C=O) groups excluding carboxylic acids is 1. The summed E-state index contributed by atoms with van der Waals surface area (Å²) in [7, 11) is -4.24. The smallest absolute Gasteiger partial charge is 0.380 e. The van der Waals surface area contributed by atoms with Gasteiger partial charge in [-0.05, 0) is 56.2 Å². The van der Waals surface area contributed by atoms with Gasteiger partial charge < -0.3 is 14.6 Å². The van der Waals surface area contributed by atoms with E-state index in [4.69, 9.17) is 4.74 Å². The van der Waals surface area contributed by atoms with Crippen LogP contribution in [0.2, 0.25) is 0 Å². The van der Waals surface area contributed by atoms with Crippen molar-refractivity contribution in [3.8, 4) is 0 Å². The number of nitrogens with zero attached hydrogens (tertiary/aromatic N) is 4. The zero-order chi connectivity index (χ0) is 32.3. The average molecular weight is 663 g/mol. The number of hydrogen-bond donors (Lipinski definition) is 2. The second-order valence-corrected chi connectivity index (χ2v) is 13.7. The van der Waals surface area contributed by atoms with Crippen LogP contribution in [0, 0.1) is 23.6 Å². The Kier molecular flexibility index (Phi) is 8.17. The van der Waals surface area contributed by atoms with Crippen LogP contribution in [-0.2, 0) is 26.1 Å². The van der Waals surface area contributed by atoms with Crippen LogP contribution in [0.1, 0.15) is 56.0 Å². The van der Waals surface area contributed by atoms with Crippen molar-refractivity contribution in [3.63, 3.8) is 0 Å². The highest BCUT2D eigenvalue weighted by Gasteiger charge is 2.50. The van der Waals surface area contributed by atoms with Gasteiger partial charge in [0.2, 0.25) is 5.91 Å². The number of amides is 1. The molecule has 1 saturated carbocycles. The van der Waals surface area contributed by atoms with Crippen molar-refractivity contribution >= 4 is 27.0 Å². The molecule has 2 saturated heterocycles. The highest BCUT2D eigenvalue weighted by atomic mass is 32.2. The molecule has 2 unspecified atom stereocenters. The zero-order valence-corrected chi connectivity index (χ0v) is 25.0. The number of benzene rings is 1. The first-order valence-electron chi connectivity index (χ1n) is 14.7. The quantitative estimate of drug-likeness (QED) is 0.343. The molecule has 1 aliphatic carbocycles. The number of rotatable bonds is 8. The topological polar surface area (TPSA) is 122 Å². The van der Waals surface area contributed by atoms with Gasteiger partial charge in [0, 0.05) is 12.5 Å². The number of aromatic nitrogens is 4. The second kappa shape index (κ2) is 11.6. The van der Waals surface area contributed by atoms with Crippen LogP contribution in [0.15, 0.2) is 29.4 Å². The molecule has 2 N–H and O–H groups in total. The van der Waals surface area contributed by atoms with Crippen LogP contribution < -0.4 is 4.72 Å². The number of halogens is 6. The Hall–Kier alpha value is -3.18. The monoisotopic (exact) mass is 662 g/mol. The molecule has 246 valence electrons. The van der Waals surface area contributed by atoms with Crippen molar-refractivity contribution < 1.29 is 44.3 Å². The van der Waals surface area contributed by atoms with Gasteiger partial charge in [-0.3, -0.25) is 9.48 Å². The molecule has 10 nitrogen and oxygen atoms in total. The lowest BCUT2D eigenvalue weighted by molar-refractivity contribution is -0.184.